The van der Waals surface area contributed by atoms with Crippen LogP contribution in [0.25, 0.3) is 0 Å². The molecule has 0 aromatic heterocycles. The smallest absolute Gasteiger partial charge is 0.258 e. The predicted octanol–water partition coefficient (Wildman–Crippen LogP) is 0.222. The summed E-state index contributed by atoms with van der Waals surface area (Å²) in [6.07, 6.45) is 0. The minimum absolute atomic E-state index is 1.03. The van der Waals surface area contributed by atoms with Gasteiger partial charge in [-0.25, -0.2) is 30.3 Å². The zero-order valence-corrected chi connectivity index (χ0v) is 12.1. The number of hydrogen-bond acceptors (Lipinski definition) is 12. The standard InChI is InChI=1S/C6H3N9O12/c16-10(17)4-2(8-14(24)25)1(7-13(22)23)3(9-15(26)27)5(11(18)19)6(4)12(20)21/h7-9H. The van der Waals surface area contributed by atoms with Crippen molar-refractivity contribution in [3.63, 3.8) is 0 Å². The number of benzene rings is 1. The molecule has 1 aromatic carbocycles. The van der Waals surface area contributed by atoms with Crippen molar-refractivity contribution in [3.05, 3.63) is 60.7 Å². The van der Waals surface area contributed by atoms with Gasteiger partial charge >= 0.3 is 17.1 Å². The third-order valence-electron chi connectivity index (χ3n) is 2.58. The lowest BCUT2D eigenvalue weighted by atomic mass is 10.1. The van der Waals surface area contributed by atoms with Gasteiger partial charge in [0.15, 0.2) is 20.8 Å². The molecule has 0 spiro atoms. The summed E-state index contributed by atoms with van der Waals surface area (Å²) in [7, 11) is 0. The number of hydrogen-bond donors (Lipinski definition) is 3. The van der Waals surface area contributed by atoms with Gasteiger partial charge in [0, 0.05) is 0 Å². The number of nitro groups is 6. The molecule has 0 heterocycles. The molecule has 0 fully saturated rings. The molecular formula is C6H3N9O12. The summed E-state index contributed by atoms with van der Waals surface area (Å²) in [6, 6.07) is 0. The van der Waals surface area contributed by atoms with Gasteiger partial charge in [0.25, 0.3) is 0 Å². The molecule has 0 saturated carbocycles. The van der Waals surface area contributed by atoms with Crippen molar-refractivity contribution < 1.29 is 29.9 Å². The maximum atomic E-state index is 11.1. The average Bonchev–Trinajstić information content (AvgIpc) is 2.47. The second kappa shape index (κ2) is 7.28. The first-order chi connectivity index (χ1) is 12.4. The molecule has 1 aromatic rings. The van der Waals surface area contributed by atoms with Gasteiger partial charge in [0.2, 0.25) is 11.4 Å². The van der Waals surface area contributed by atoms with E-state index in [1.165, 1.54) is 0 Å². The molecule has 0 radical (unpaired) electrons. The molecule has 0 bridgehead atoms. The molecule has 0 saturated heterocycles. The Kier molecular flexibility index (Phi) is 5.41. The first-order valence-electron chi connectivity index (χ1n) is 5.78. The van der Waals surface area contributed by atoms with E-state index in [2.05, 4.69) is 0 Å². The Morgan fingerprint density at radius 1 is 0.444 bits per heavy atom. The number of nitrogens with zero attached hydrogens (tertiary/aromatic N) is 6. The summed E-state index contributed by atoms with van der Waals surface area (Å²) >= 11 is 0. The van der Waals surface area contributed by atoms with Crippen LogP contribution < -0.4 is 16.3 Å². The second-order valence-corrected chi connectivity index (χ2v) is 4.05. The van der Waals surface area contributed by atoms with Crippen molar-refractivity contribution in [2.24, 2.45) is 0 Å². The van der Waals surface area contributed by atoms with E-state index >= 15 is 0 Å². The normalized spacial score (nSPS) is 9.78. The molecule has 0 unspecified atom stereocenters. The van der Waals surface area contributed by atoms with Gasteiger partial charge in [0.05, 0.1) is 14.8 Å². The molecule has 0 amide bonds. The molecule has 21 nitrogen and oxygen atoms in total. The highest BCUT2D eigenvalue weighted by Crippen LogP contribution is 2.52. The maximum Gasteiger partial charge on any atom is 0.427 e. The Bertz CT molecular complexity index is 839. The number of nitro benzene ring substituents is 3. The van der Waals surface area contributed by atoms with Gasteiger partial charge in [-0.2, -0.15) is 0 Å². The fourth-order valence-corrected chi connectivity index (χ4v) is 1.84. The summed E-state index contributed by atoms with van der Waals surface area (Å²) < 4.78 is 0. The van der Waals surface area contributed by atoms with E-state index < -0.39 is 64.0 Å². The van der Waals surface area contributed by atoms with Crippen LogP contribution in [0.5, 0.6) is 0 Å². The molecule has 0 aliphatic heterocycles. The van der Waals surface area contributed by atoms with Crippen LogP contribution in [-0.4, -0.2) is 29.9 Å². The molecular weight excluding hydrogens is 390 g/mol. The first kappa shape index (κ1) is 20.1. The van der Waals surface area contributed by atoms with E-state index in [0.717, 1.165) is 16.3 Å². The Labute approximate surface area is 142 Å². The molecule has 144 valence electrons. The lowest BCUT2D eigenvalue weighted by Gasteiger charge is -2.10. The van der Waals surface area contributed by atoms with Gasteiger partial charge < -0.3 is 0 Å². The van der Waals surface area contributed by atoms with Crippen LogP contribution in [0.4, 0.5) is 34.1 Å². The highest BCUT2D eigenvalue weighted by molar-refractivity contribution is 5.99. The minimum Gasteiger partial charge on any atom is -0.258 e. The molecule has 1 rings (SSSR count). The fraction of sp³-hybridized carbons (Fsp3) is 0. The van der Waals surface area contributed by atoms with E-state index in [4.69, 9.17) is 0 Å². The summed E-state index contributed by atoms with van der Waals surface area (Å²) in [5.41, 5.74) is -7.45. The third-order valence-corrected chi connectivity index (χ3v) is 2.58. The van der Waals surface area contributed by atoms with Crippen LogP contribution in [0, 0.1) is 60.7 Å². The largest absolute Gasteiger partial charge is 0.427 e. The van der Waals surface area contributed by atoms with Crippen molar-refractivity contribution in [2.45, 2.75) is 0 Å². The Morgan fingerprint density at radius 2 is 0.704 bits per heavy atom. The van der Waals surface area contributed by atoms with Crippen LogP contribution in [0.15, 0.2) is 0 Å². The second-order valence-electron chi connectivity index (χ2n) is 4.05. The van der Waals surface area contributed by atoms with Crippen LogP contribution in [0.2, 0.25) is 0 Å². The number of anilines is 3. The molecule has 21 heteroatoms. The van der Waals surface area contributed by atoms with Gasteiger partial charge in [-0.15, -0.1) is 5.43 Å². The quantitative estimate of drug-likeness (QED) is 0.373. The Hall–Kier alpha value is -4.98. The summed E-state index contributed by atoms with van der Waals surface area (Å²) in [4.78, 5) is 60.3. The van der Waals surface area contributed by atoms with Gasteiger partial charge in [-0.05, 0) is 0 Å². The molecule has 0 aliphatic carbocycles. The van der Waals surface area contributed by atoms with Crippen LogP contribution >= 0.6 is 0 Å². The van der Waals surface area contributed by atoms with Gasteiger partial charge in [0.1, 0.15) is 0 Å². The topological polar surface area (TPSA) is 295 Å². The number of nitrogens with one attached hydrogen (secondary N) is 3. The van der Waals surface area contributed by atoms with Crippen molar-refractivity contribution in [1.82, 2.24) is 0 Å². The summed E-state index contributed by atoms with van der Waals surface area (Å²) in [6.45, 7) is 0. The Morgan fingerprint density at radius 3 is 0.926 bits per heavy atom. The van der Waals surface area contributed by atoms with E-state index in [0.29, 0.717) is 0 Å². The van der Waals surface area contributed by atoms with E-state index in [-0.39, 0.29) is 0 Å². The van der Waals surface area contributed by atoms with Gasteiger partial charge in [-0.3, -0.25) is 30.3 Å². The van der Waals surface area contributed by atoms with E-state index in [1.807, 2.05) is 0 Å². The molecule has 0 atom stereocenters. The maximum absolute atomic E-state index is 11.1. The van der Waals surface area contributed by atoms with E-state index in [9.17, 15) is 60.7 Å². The van der Waals surface area contributed by atoms with Crippen molar-refractivity contribution >= 4 is 34.1 Å². The molecule has 3 N–H and O–H groups in total. The van der Waals surface area contributed by atoms with Crippen molar-refractivity contribution in [3.8, 4) is 0 Å². The number of hydrazine groups is 3. The SMILES string of the molecule is O=[N+]([O-])Nc1c(N[N+](=O)[O-])c([N+](=O)[O-])c([N+](=O)[O-])c([N+](=O)[O-])c1N[N+](=O)[O-]. The first-order valence-corrected chi connectivity index (χ1v) is 5.78. The minimum atomic E-state index is -1.99. The zero-order chi connectivity index (χ0) is 21.0. The fourth-order valence-electron chi connectivity index (χ4n) is 1.84. The highest BCUT2D eigenvalue weighted by atomic mass is 16.7. The lowest BCUT2D eigenvalue weighted by Crippen LogP contribution is -2.21. The van der Waals surface area contributed by atoms with Crippen LogP contribution in [-0.2, 0) is 0 Å². The molecule has 27 heavy (non-hydrogen) atoms. The average molecular weight is 393 g/mol. The highest BCUT2D eigenvalue weighted by Gasteiger charge is 2.48. The van der Waals surface area contributed by atoms with Crippen LogP contribution in [0.1, 0.15) is 0 Å². The van der Waals surface area contributed by atoms with Crippen molar-refractivity contribution in [2.75, 3.05) is 16.3 Å². The third kappa shape index (κ3) is 4.11. The van der Waals surface area contributed by atoms with Crippen molar-refractivity contribution in [1.29, 1.82) is 0 Å². The Balaban J connectivity index is 4.28. The summed E-state index contributed by atoms with van der Waals surface area (Å²) in [5, 5.41) is 60.7. The van der Waals surface area contributed by atoms with Crippen LogP contribution in [0.3, 0.4) is 0 Å². The van der Waals surface area contributed by atoms with E-state index in [1.54, 1.807) is 0 Å². The van der Waals surface area contributed by atoms with Gasteiger partial charge in [-0.1, -0.05) is 10.9 Å². The predicted molar refractivity (Wildman–Crippen MR) is 78.3 cm³/mol. The lowest BCUT2D eigenvalue weighted by molar-refractivity contribution is -0.457. The number of rotatable bonds is 9. The molecule has 0 aliphatic rings. The zero-order valence-electron chi connectivity index (χ0n) is 12.1. The monoisotopic (exact) mass is 393 g/mol. The summed E-state index contributed by atoms with van der Waals surface area (Å²) in [5.74, 6) is 0.